The molecule has 2 aliphatic rings. The Morgan fingerprint density at radius 2 is 1.95 bits per heavy atom. The van der Waals surface area contributed by atoms with Crippen LogP contribution < -0.4 is 21.9 Å². The molecule has 2 aliphatic heterocycles. The lowest BCUT2D eigenvalue weighted by atomic mass is 10.1. The van der Waals surface area contributed by atoms with Crippen molar-refractivity contribution < 1.29 is 9.59 Å². The number of amides is 2. The van der Waals surface area contributed by atoms with Crippen molar-refractivity contribution in [1.29, 1.82) is 0 Å². The highest BCUT2D eigenvalue weighted by molar-refractivity contribution is 6.45. The van der Waals surface area contributed by atoms with Crippen molar-refractivity contribution in [3.8, 4) is 0 Å². The first kappa shape index (κ1) is 12.2. The minimum atomic E-state index is -0.960. The number of hydrogen-bond donors (Lipinski definition) is 2. The number of fused-ring (bicyclic) bond motifs is 2. The molecule has 20 heavy (non-hydrogen) atoms. The van der Waals surface area contributed by atoms with Crippen molar-refractivity contribution in [1.82, 2.24) is 4.90 Å². The van der Waals surface area contributed by atoms with Gasteiger partial charge >= 0.3 is 0 Å². The molecule has 2 heterocycles. The molecule has 0 saturated carbocycles. The van der Waals surface area contributed by atoms with Crippen molar-refractivity contribution in [2.45, 2.75) is 6.04 Å². The summed E-state index contributed by atoms with van der Waals surface area (Å²) in [6.07, 6.45) is 5.35. The summed E-state index contributed by atoms with van der Waals surface area (Å²) in [5, 5.41) is 1.76. The minimum absolute atomic E-state index is 0.0335. The van der Waals surface area contributed by atoms with Crippen LogP contribution in [0.3, 0.4) is 0 Å². The maximum Gasteiger partial charge on any atom is 0.265 e. The molecule has 2 amide bonds. The number of benzene rings is 1. The number of carbonyl (C=O) groups excluding carboxylic acids is 2. The Hall–Kier alpha value is -2.89. The van der Waals surface area contributed by atoms with Gasteiger partial charge in [-0.1, -0.05) is 30.3 Å². The first-order valence-corrected chi connectivity index (χ1v) is 6.03. The fourth-order valence-electron chi connectivity index (χ4n) is 2.39. The van der Waals surface area contributed by atoms with Gasteiger partial charge in [-0.3, -0.25) is 9.59 Å². The predicted octanol–water partition coefficient (Wildman–Crippen LogP) is -1.84. The summed E-state index contributed by atoms with van der Waals surface area (Å²) in [7, 11) is 0. The first-order chi connectivity index (χ1) is 9.59. The molecule has 0 aromatic heterocycles. The number of nitrogens with zero attached hydrogens (tertiary/aromatic N) is 2. The topological polar surface area (TPSA) is 102 Å². The van der Waals surface area contributed by atoms with E-state index in [1.54, 1.807) is 17.2 Å². The van der Waals surface area contributed by atoms with Crippen LogP contribution in [0.4, 0.5) is 0 Å². The number of aliphatic imine (C=N–C) groups is 1. The van der Waals surface area contributed by atoms with E-state index in [1.807, 2.05) is 30.3 Å². The Kier molecular flexibility index (Phi) is 2.64. The molecule has 0 spiro atoms. The third-order valence-corrected chi connectivity index (χ3v) is 3.25. The molecule has 0 fully saturated rings. The second-order valence-electron chi connectivity index (χ2n) is 4.49. The van der Waals surface area contributed by atoms with E-state index in [-0.39, 0.29) is 5.71 Å². The molecule has 3 rings (SSSR count). The molecule has 0 radical (unpaired) electrons. The van der Waals surface area contributed by atoms with Crippen molar-refractivity contribution in [3.63, 3.8) is 0 Å². The van der Waals surface area contributed by atoms with Crippen LogP contribution in [0.2, 0.25) is 0 Å². The summed E-state index contributed by atoms with van der Waals surface area (Å²) in [5.74, 6) is -0.908. The van der Waals surface area contributed by atoms with Gasteiger partial charge in [0.05, 0.1) is 0 Å². The smallest absolute Gasteiger partial charge is 0.265 e. The van der Waals surface area contributed by atoms with E-state index >= 15 is 0 Å². The fourth-order valence-corrected chi connectivity index (χ4v) is 2.39. The highest BCUT2D eigenvalue weighted by Crippen LogP contribution is 2.22. The number of primary amides is 2. The third kappa shape index (κ3) is 1.70. The molecule has 0 aliphatic carbocycles. The van der Waals surface area contributed by atoms with Gasteiger partial charge in [0.1, 0.15) is 11.5 Å². The standard InChI is InChI=1S/C14H12N4O2/c15-12(19)10-11(13(16)20)18-7-3-5-8-4-1-2-6-9(8)14(18)17-10/h1-7,11H,(H2,15,19)(H2,16,20). The zero-order valence-corrected chi connectivity index (χ0v) is 10.5. The molecule has 1 atom stereocenters. The van der Waals surface area contributed by atoms with Crippen LogP contribution in [0, 0.1) is 0 Å². The van der Waals surface area contributed by atoms with E-state index in [9.17, 15) is 9.59 Å². The van der Waals surface area contributed by atoms with E-state index in [4.69, 9.17) is 11.5 Å². The van der Waals surface area contributed by atoms with Gasteiger partial charge in [-0.05, 0) is 11.3 Å². The normalized spacial score (nSPS) is 19.6. The molecule has 4 N–H and O–H groups in total. The molecule has 0 saturated heterocycles. The number of nitrogens with two attached hydrogens (primary N) is 2. The molecule has 1 unspecified atom stereocenters. The predicted molar refractivity (Wildman–Crippen MR) is 74.2 cm³/mol. The number of hydrogen-bond acceptors (Lipinski definition) is 4. The van der Waals surface area contributed by atoms with Crippen LogP contribution in [0.15, 0.2) is 41.5 Å². The Labute approximate surface area is 114 Å². The van der Waals surface area contributed by atoms with E-state index in [1.165, 1.54) is 0 Å². The monoisotopic (exact) mass is 268 g/mol. The average molecular weight is 268 g/mol. The van der Waals surface area contributed by atoms with Crippen LogP contribution in [-0.4, -0.2) is 28.5 Å². The van der Waals surface area contributed by atoms with Gasteiger partial charge in [-0.25, -0.2) is 4.99 Å². The second kappa shape index (κ2) is 4.34. The van der Waals surface area contributed by atoms with Crippen molar-refractivity contribution in [3.05, 3.63) is 47.0 Å². The van der Waals surface area contributed by atoms with Crippen molar-refractivity contribution >= 4 is 29.4 Å². The van der Waals surface area contributed by atoms with Gasteiger partial charge in [0.25, 0.3) is 5.91 Å². The lowest BCUT2D eigenvalue weighted by Crippen LogP contribution is -2.47. The van der Waals surface area contributed by atoms with Gasteiger partial charge in [0, 0.05) is 11.4 Å². The Morgan fingerprint density at radius 1 is 1.20 bits per heavy atom. The van der Waals surface area contributed by atoms with Crippen LogP contribution in [0.25, 0.3) is 11.9 Å². The average Bonchev–Trinajstić information content (AvgIpc) is 2.70. The maximum absolute atomic E-state index is 11.6. The first-order valence-electron chi connectivity index (χ1n) is 6.03. The van der Waals surface area contributed by atoms with Gasteiger partial charge in [-0.15, -0.1) is 0 Å². The lowest BCUT2D eigenvalue weighted by molar-refractivity contribution is -0.120. The fraction of sp³-hybridized carbons (Fsp3) is 0.0714. The van der Waals surface area contributed by atoms with Crippen molar-refractivity contribution in [2.75, 3.05) is 0 Å². The molecule has 1 aromatic rings. The van der Waals surface area contributed by atoms with E-state index in [2.05, 4.69) is 4.99 Å². The quantitative estimate of drug-likeness (QED) is 0.658. The summed E-state index contributed by atoms with van der Waals surface area (Å²) in [6, 6.07) is 6.59. The van der Waals surface area contributed by atoms with E-state index in [0.29, 0.717) is 5.82 Å². The van der Waals surface area contributed by atoms with E-state index in [0.717, 1.165) is 10.4 Å². The zero-order chi connectivity index (χ0) is 14.3. The Bertz CT molecular complexity index is 792. The number of rotatable bonds is 2. The highest BCUT2D eigenvalue weighted by atomic mass is 16.2. The third-order valence-electron chi connectivity index (χ3n) is 3.25. The Balaban J connectivity index is 2.34. The van der Waals surface area contributed by atoms with Crippen LogP contribution in [0.1, 0.15) is 0 Å². The molecule has 0 bridgehead atoms. The summed E-state index contributed by atoms with van der Waals surface area (Å²) in [5.41, 5.74) is 10.6. The Morgan fingerprint density at radius 3 is 2.65 bits per heavy atom. The molecule has 1 aromatic carbocycles. The lowest BCUT2D eigenvalue weighted by Gasteiger charge is -2.20. The maximum atomic E-state index is 11.6. The molecule has 6 nitrogen and oxygen atoms in total. The summed E-state index contributed by atoms with van der Waals surface area (Å²) in [6.45, 7) is 0. The highest BCUT2D eigenvalue weighted by Gasteiger charge is 2.38. The zero-order valence-electron chi connectivity index (χ0n) is 10.5. The largest absolute Gasteiger partial charge is 0.368 e. The minimum Gasteiger partial charge on any atom is -0.368 e. The van der Waals surface area contributed by atoms with Crippen LogP contribution in [0.5, 0.6) is 0 Å². The SMILES string of the molecule is NC(=O)C1=NC2=c3ccccc3=CC=CN2C1C(N)=O. The molecule has 6 heteroatoms. The van der Waals surface area contributed by atoms with E-state index < -0.39 is 17.9 Å². The van der Waals surface area contributed by atoms with Crippen LogP contribution in [-0.2, 0) is 9.59 Å². The molecular weight excluding hydrogens is 256 g/mol. The van der Waals surface area contributed by atoms with Gasteiger partial charge in [0.2, 0.25) is 5.91 Å². The van der Waals surface area contributed by atoms with Gasteiger partial charge < -0.3 is 16.4 Å². The summed E-state index contributed by atoms with van der Waals surface area (Å²) in [4.78, 5) is 28.9. The number of allylic oxidation sites excluding steroid dienone is 1. The number of carbonyl (C=O) groups is 2. The summed E-state index contributed by atoms with van der Waals surface area (Å²) >= 11 is 0. The molecular formula is C14H12N4O2. The van der Waals surface area contributed by atoms with Crippen molar-refractivity contribution in [2.24, 2.45) is 16.5 Å². The van der Waals surface area contributed by atoms with Gasteiger partial charge in [-0.2, -0.15) is 0 Å². The van der Waals surface area contributed by atoms with Gasteiger partial charge in [0.15, 0.2) is 6.04 Å². The van der Waals surface area contributed by atoms with Crippen LogP contribution >= 0.6 is 0 Å². The second-order valence-corrected chi connectivity index (χ2v) is 4.49. The molecule has 100 valence electrons. The summed E-state index contributed by atoms with van der Waals surface area (Å²) < 4.78 is 0.